The summed E-state index contributed by atoms with van der Waals surface area (Å²) in [4.78, 5) is 20.4. The molecule has 0 radical (unpaired) electrons. The van der Waals surface area contributed by atoms with Crippen molar-refractivity contribution in [3.63, 3.8) is 0 Å². The van der Waals surface area contributed by atoms with Crippen LogP contribution in [-0.2, 0) is 4.79 Å². The SMILES string of the molecule is CCNC(=NCCN1CCN(C(C)=O)CC1)NC(C)CCC(C)C.I. The zero-order valence-corrected chi connectivity index (χ0v) is 19.0. The first-order chi connectivity index (χ1) is 11.4. The Bertz CT molecular complexity index is 395. The maximum Gasteiger partial charge on any atom is 0.219 e. The van der Waals surface area contributed by atoms with Crippen LogP contribution in [-0.4, -0.2) is 73.5 Å². The van der Waals surface area contributed by atoms with Crippen LogP contribution in [0.25, 0.3) is 0 Å². The van der Waals surface area contributed by atoms with E-state index in [2.05, 4.69) is 43.2 Å². The summed E-state index contributed by atoms with van der Waals surface area (Å²) in [6, 6.07) is 0.435. The van der Waals surface area contributed by atoms with Crippen LogP contribution in [0.3, 0.4) is 0 Å². The summed E-state index contributed by atoms with van der Waals surface area (Å²) in [5.74, 6) is 1.83. The Balaban J connectivity index is 0.00000576. The van der Waals surface area contributed by atoms with E-state index in [1.165, 1.54) is 6.42 Å². The van der Waals surface area contributed by atoms with Crippen molar-refractivity contribution in [2.24, 2.45) is 10.9 Å². The number of guanidine groups is 1. The van der Waals surface area contributed by atoms with Crippen molar-refractivity contribution >= 4 is 35.8 Å². The fraction of sp³-hybridized carbons (Fsp3) is 0.889. The highest BCUT2D eigenvalue weighted by molar-refractivity contribution is 14.0. The van der Waals surface area contributed by atoms with Gasteiger partial charge in [0.15, 0.2) is 5.96 Å². The predicted octanol–water partition coefficient (Wildman–Crippen LogP) is 2.15. The summed E-state index contributed by atoms with van der Waals surface area (Å²) in [6.07, 6.45) is 2.39. The molecule has 148 valence electrons. The molecule has 1 unspecified atom stereocenters. The van der Waals surface area contributed by atoms with Crippen molar-refractivity contribution in [3.8, 4) is 0 Å². The van der Waals surface area contributed by atoms with Gasteiger partial charge in [0, 0.05) is 52.2 Å². The van der Waals surface area contributed by atoms with Gasteiger partial charge in [-0.3, -0.25) is 14.7 Å². The van der Waals surface area contributed by atoms with Gasteiger partial charge < -0.3 is 15.5 Å². The maximum atomic E-state index is 11.3. The van der Waals surface area contributed by atoms with E-state index in [0.29, 0.717) is 6.04 Å². The van der Waals surface area contributed by atoms with E-state index < -0.39 is 0 Å². The Labute approximate surface area is 171 Å². The topological polar surface area (TPSA) is 60.0 Å². The number of aliphatic imine (C=N–C) groups is 1. The van der Waals surface area contributed by atoms with Gasteiger partial charge in [-0.15, -0.1) is 24.0 Å². The van der Waals surface area contributed by atoms with Gasteiger partial charge in [0.2, 0.25) is 5.91 Å². The van der Waals surface area contributed by atoms with E-state index in [0.717, 1.165) is 64.1 Å². The Morgan fingerprint density at radius 3 is 2.28 bits per heavy atom. The molecule has 1 saturated heterocycles. The molecule has 0 saturated carbocycles. The van der Waals surface area contributed by atoms with E-state index >= 15 is 0 Å². The highest BCUT2D eigenvalue weighted by atomic mass is 127. The Kier molecular flexibility index (Phi) is 13.3. The summed E-state index contributed by atoms with van der Waals surface area (Å²) in [7, 11) is 0. The van der Waals surface area contributed by atoms with Crippen LogP contribution in [0.1, 0.15) is 47.5 Å². The molecule has 1 aliphatic heterocycles. The molecule has 7 heteroatoms. The number of halogens is 1. The van der Waals surface area contributed by atoms with Gasteiger partial charge in [-0.25, -0.2) is 0 Å². The number of nitrogens with one attached hydrogen (secondary N) is 2. The summed E-state index contributed by atoms with van der Waals surface area (Å²) < 4.78 is 0. The number of piperazine rings is 1. The molecule has 0 aliphatic carbocycles. The van der Waals surface area contributed by atoms with E-state index in [4.69, 9.17) is 4.99 Å². The Morgan fingerprint density at radius 1 is 1.12 bits per heavy atom. The van der Waals surface area contributed by atoms with Crippen LogP contribution in [0, 0.1) is 5.92 Å². The number of rotatable bonds is 8. The molecule has 25 heavy (non-hydrogen) atoms. The van der Waals surface area contributed by atoms with Gasteiger partial charge in [-0.05, 0) is 32.6 Å². The van der Waals surface area contributed by atoms with Crippen LogP contribution in [0.2, 0.25) is 0 Å². The maximum absolute atomic E-state index is 11.3. The normalized spacial score (nSPS) is 17.2. The van der Waals surface area contributed by atoms with Crippen LogP contribution < -0.4 is 10.6 Å². The zero-order valence-electron chi connectivity index (χ0n) is 16.7. The third-order valence-corrected chi connectivity index (χ3v) is 4.41. The van der Waals surface area contributed by atoms with Crippen LogP contribution in [0.5, 0.6) is 0 Å². The summed E-state index contributed by atoms with van der Waals surface area (Å²) in [6.45, 7) is 16.7. The van der Waals surface area contributed by atoms with Crippen molar-refractivity contribution in [1.82, 2.24) is 20.4 Å². The average Bonchev–Trinajstić information content (AvgIpc) is 2.53. The minimum atomic E-state index is 0. The zero-order chi connectivity index (χ0) is 17.9. The van der Waals surface area contributed by atoms with Crippen molar-refractivity contribution < 1.29 is 4.79 Å². The highest BCUT2D eigenvalue weighted by Crippen LogP contribution is 2.06. The van der Waals surface area contributed by atoms with Crippen molar-refractivity contribution in [2.75, 3.05) is 45.8 Å². The largest absolute Gasteiger partial charge is 0.357 e. The van der Waals surface area contributed by atoms with E-state index in [-0.39, 0.29) is 29.9 Å². The van der Waals surface area contributed by atoms with Crippen molar-refractivity contribution in [1.29, 1.82) is 0 Å². The molecule has 6 nitrogen and oxygen atoms in total. The third kappa shape index (κ3) is 10.9. The van der Waals surface area contributed by atoms with Gasteiger partial charge in [0.1, 0.15) is 0 Å². The fourth-order valence-electron chi connectivity index (χ4n) is 2.80. The number of nitrogens with zero attached hydrogens (tertiary/aromatic N) is 3. The second kappa shape index (κ2) is 13.6. The molecular weight excluding hydrogens is 429 g/mol. The summed E-state index contributed by atoms with van der Waals surface area (Å²) in [5, 5.41) is 6.83. The smallest absolute Gasteiger partial charge is 0.219 e. The fourth-order valence-corrected chi connectivity index (χ4v) is 2.80. The summed E-state index contributed by atoms with van der Waals surface area (Å²) in [5.41, 5.74) is 0. The number of hydrogen-bond donors (Lipinski definition) is 2. The molecule has 0 aromatic rings. The Morgan fingerprint density at radius 2 is 1.76 bits per heavy atom. The first kappa shape index (κ1) is 24.4. The van der Waals surface area contributed by atoms with E-state index in [1.807, 2.05) is 4.90 Å². The lowest BCUT2D eigenvalue weighted by atomic mass is 10.0. The van der Waals surface area contributed by atoms with Crippen molar-refractivity contribution in [3.05, 3.63) is 0 Å². The molecule has 0 bridgehead atoms. The van der Waals surface area contributed by atoms with E-state index in [1.54, 1.807) is 6.92 Å². The monoisotopic (exact) mass is 467 g/mol. The third-order valence-electron chi connectivity index (χ3n) is 4.41. The molecule has 1 rings (SSSR count). The average molecular weight is 467 g/mol. The van der Waals surface area contributed by atoms with Gasteiger partial charge in [-0.2, -0.15) is 0 Å². The molecule has 1 fully saturated rings. The molecule has 2 N–H and O–H groups in total. The van der Waals surface area contributed by atoms with Gasteiger partial charge in [0.25, 0.3) is 0 Å². The van der Waals surface area contributed by atoms with Crippen LogP contribution in [0.15, 0.2) is 4.99 Å². The number of hydrogen-bond acceptors (Lipinski definition) is 3. The standard InChI is InChI=1S/C18H37N5O.HI/c1-6-19-18(21-16(4)8-7-15(2)3)20-9-10-22-11-13-23(14-12-22)17(5)24;/h15-16H,6-14H2,1-5H3,(H2,19,20,21);1H. The quantitative estimate of drug-likeness (QED) is 0.326. The molecule has 0 aromatic heterocycles. The van der Waals surface area contributed by atoms with Gasteiger partial charge >= 0.3 is 0 Å². The lowest BCUT2D eigenvalue weighted by molar-refractivity contribution is -0.130. The second-order valence-corrected chi connectivity index (χ2v) is 7.12. The number of amides is 1. The minimum absolute atomic E-state index is 0. The number of carbonyl (C=O) groups is 1. The first-order valence-electron chi connectivity index (χ1n) is 9.45. The molecule has 1 amide bonds. The molecule has 0 spiro atoms. The molecule has 0 aromatic carbocycles. The van der Waals surface area contributed by atoms with Crippen LogP contribution >= 0.6 is 24.0 Å². The highest BCUT2D eigenvalue weighted by Gasteiger charge is 2.17. The minimum Gasteiger partial charge on any atom is -0.357 e. The molecule has 1 heterocycles. The van der Waals surface area contributed by atoms with Crippen LogP contribution in [0.4, 0.5) is 0 Å². The predicted molar refractivity (Wildman–Crippen MR) is 117 cm³/mol. The first-order valence-corrected chi connectivity index (χ1v) is 9.45. The molecule has 1 atom stereocenters. The van der Waals surface area contributed by atoms with Crippen molar-refractivity contribution in [2.45, 2.75) is 53.5 Å². The molecule has 1 aliphatic rings. The summed E-state index contributed by atoms with van der Waals surface area (Å²) >= 11 is 0. The van der Waals surface area contributed by atoms with E-state index in [9.17, 15) is 4.79 Å². The second-order valence-electron chi connectivity index (χ2n) is 7.12. The van der Waals surface area contributed by atoms with Gasteiger partial charge in [-0.1, -0.05) is 13.8 Å². The Hall–Kier alpha value is -0.570. The number of carbonyl (C=O) groups excluding carboxylic acids is 1. The molecular formula is C18H38IN5O. The lowest BCUT2D eigenvalue weighted by Crippen LogP contribution is -2.48. The van der Waals surface area contributed by atoms with Gasteiger partial charge in [0.05, 0.1) is 6.54 Å². The lowest BCUT2D eigenvalue weighted by Gasteiger charge is -2.33.